The van der Waals surface area contributed by atoms with E-state index in [2.05, 4.69) is 33.7 Å². The van der Waals surface area contributed by atoms with Crippen molar-refractivity contribution in [3.05, 3.63) is 17.8 Å². The van der Waals surface area contributed by atoms with Crippen molar-refractivity contribution < 1.29 is 0 Å². The summed E-state index contributed by atoms with van der Waals surface area (Å²) in [6.07, 6.45) is 6.96. The molecule has 0 unspecified atom stereocenters. The summed E-state index contributed by atoms with van der Waals surface area (Å²) in [6.45, 7) is 2.34. The van der Waals surface area contributed by atoms with Crippen molar-refractivity contribution in [3.8, 4) is 0 Å². The lowest BCUT2D eigenvalue weighted by Crippen LogP contribution is -2.30. The summed E-state index contributed by atoms with van der Waals surface area (Å²) in [5, 5.41) is 6.86. The number of hydrogen-bond donors (Lipinski definition) is 1. The largest absolute Gasteiger partial charge is 0.366 e. The van der Waals surface area contributed by atoms with Crippen molar-refractivity contribution in [1.82, 2.24) is 9.97 Å². The summed E-state index contributed by atoms with van der Waals surface area (Å²) in [5.74, 6) is 1.75. The minimum Gasteiger partial charge on any atom is -0.366 e. The minimum absolute atomic E-state index is 0.571. The van der Waals surface area contributed by atoms with Crippen LogP contribution in [0.5, 0.6) is 0 Å². The van der Waals surface area contributed by atoms with Gasteiger partial charge in [0.1, 0.15) is 17.0 Å². The number of anilines is 1. The number of aromatic nitrogens is 2. The van der Waals surface area contributed by atoms with Crippen LogP contribution in [0.4, 0.5) is 5.82 Å². The monoisotopic (exact) mass is 247 g/mol. The SMILES string of the molecule is C[C@@H]1CCCC[C@@H]1Nc1ncnc2sccc12. The van der Waals surface area contributed by atoms with Crippen LogP contribution in [0.15, 0.2) is 17.8 Å². The van der Waals surface area contributed by atoms with Crippen molar-refractivity contribution in [2.45, 2.75) is 38.6 Å². The fourth-order valence-electron chi connectivity index (χ4n) is 2.61. The van der Waals surface area contributed by atoms with Gasteiger partial charge in [-0.25, -0.2) is 9.97 Å². The van der Waals surface area contributed by atoms with E-state index in [4.69, 9.17) is 0 Å². The molecule has 3 rings (SSSR count). The van der Waals surface area contributed by atoms with E-state index in [9.17, 15) is 0 Å². The molecule has 1 aliphatic rings. The molecule has 0 aromatic carbocycles. The van der Waals surface area contributed by atoms with Gasteiger partial charge < -0.3 is 5.32 Å². The van der Waals surface area contributed by atoms with Crippen LogP contribution >= 0.6 is 11.3 Å². The molecule has 1 aliphatic carbocycles. The van der Waals surface area contributed by atoms with E-state index < -0.39 is 0 Å². The third kappa shape index (κ3) is 2.14. The highest BCUT2D eigenvalue weighted by Crippen LogP contribution is 2.29. The van der Waals surface area contributed by atoms with Gasteiger partial charge in [-0.1, -0.05) is 19.8 Å². The topological polar surface area (TPSA) is 37.8 Å². The lowest BCUT2D eigenvalue weighted by molar-refractivity contribution is 0.349. The number of fused-ring (bicyclic) bond motifs is 1. The number of thiophene rings is 1. The molecule has 0 bridgehead atoms. The van der Waals surface area contributed by atoms with E-state index >= 15 is 0 Å². The standard InChI is InChI=1S/C13H17N3S/c1-9-4-2-3-5-11(9)16-12-10-6-7-17-13(10)15-8-14-12/h6-9,11H,2-5H2,1H3,(H,14,15,16)/t9-,11+/m1/s1. The molecule has 2 atom stereocenters. The van der Waals surface area contributed by atoms with Gasteiger partial charge in [0.2, 0.25) is 0 Å². The fraction of sp³-hybridized carbons (Fsp3) is 0.538. The molecule has 0 amide bonds. The van der Waals surface area contributed by atoms with Crippen LogP contribution in [0.3, 0.4) is 0 Å². The van der Waals surface area contributed by atoms with Gasteiger partial charge in [0, 0.05) is 6.04 Å². The van der Waals surface area contributed by atoms with Gasteiger partial charge in [0.25, 0.3) is 0 Å². The van der Waals surface area contributed by atoms with Gasteiger partial charge in [-0.05, 0) is 30.2 Å². The zero-order valence-electron chi connectivity index (χ0n) is 10.0. The molecule has 90 valence electrons. The molecule has 2 aromatic rings. The normalized spacial score (nSPS) is 25.0. The number of hydrogen-bond acceptors (Lipinski definition) is 4. The molecule has 3 nitrogen and oxygen atoms in total. The van der Waals surface area contributed by atoms with E-state index in [1.807, 2.05) is 0 Å². The Kier molecular flexibility index (Phi) is 2.97. The first-order valence-corrected chi connectivity index (χ1v) is 7.17. The highest BCUT2D eigenvalue weighted by molar-refractivity contribution is 7.16. The van der Waals surface area contributed by atoms with Crippen molar-refractivity contribution in [2.24, 2.45) is 5.92 Å². The van der Waals surface area contributed by atoms with Crippen molar-refractivity contribution in [1.29, 1.82) is 0 Å². The second-order valence-electron chi connectivity index (χ2n) is 4.87. The Hall–Kier alpha value is -1.16. The zero-order chi connectivity index (χ0) is 11.7. The van der Waals surface area contributed by atoms with Crippen LogP contribution in [0.1, 0.15) is 32.6 Å². The van der Waals surface area contributed by atoms with Crippen LogP contribution in [0.2, 0.25) is 0 Å². The Morgan fingerprint density at radius 2 is 2.18 bits per heavy atom. The average molecular weight is 247 g/mol. The van der Waals surface area contributed by atoms with Crippen molar-refractivity contribution in [2.75, 3.05) is 5.32 Å². The van der Waals surface area contributed by atoms with Gasteiger partial charge >= 0.3 is 0 Å². The third-order valence-corrected chi connectivity index (χ3v) is 4.52. The Morgan fingerprint density at radius 3 is 3.06 bits per heavy atom. The number of nitrogens with one attached hydrogen (secondary N) is 1. The smallest absolute Gasteiger partial charge is 0.138 e. The van der Waals surface area contributed by atoms with E-state index in [1.54, 1.807) is 17.7 Å². The number of rotatable bonds is 2. The molecule has 2 heterocycles. The highest BCUT2D eigenvalue weighted by atomic mass is 32.1. The second kappa shape index (κ2) is 4.61. The molecule has 2 aromatic heterocycles. The molecule has 0 saturated heterocycles. The summed E-state index contributed by atoms with van der Waals surface area (Å²) in [7, 11) is 0. The van der Waals surface area contributed by atoms with Crippen LogP contribution in [-0.2, 0) is 0 Å². The average Bonchev–Trinajstić information content (AvgIpc) is 2.81. The lowest BCUT2D eigenvalue weighted by Gasteiger charge is -2.30. The first kappa shape index (κ1) is 11.0. The van der Waals surface area contributed by atoms with Gasteiger partial charge in [0.15, 0.2) is 0 Å². The maximum absolute atomic E-state index is 4.39. The molecule has 1 fully saturated rings. The molecule has 0 aliphatic heterocycles. The van der Waals surface area contributed by atoms with Gasteiger partial charge in [0.05, 0.1) is 5.39 Å². The lowest BCUT2D eigenvalue weighted by atomic mass is 9.86. The van der Waals surface area contributed by atoms with E-state index in [1.165, 1.54) is 25.7 Å². The van der Waals surface area contributed by atoms with Crippen LogP contribution in [0, 0.1) is 5.92 Å². The minimum atomic E-state index is 0.571. The molecular weight excluding hydrogens is 230 g/mol. The molecule has 0 spiro atoms. The molecule has 17 heavy (non-hydrogen) atoms. The highest BCUT2D eigenvalue weighted by Gasteiger charge is 2.22. The first-order valence-electron chi connectivity index (χ1n) is 6.29. The summed E-state index contributed by atoms with van der Waals surface area (Å²) < 4.78 is 0. The molecule has 0 radical (unpaired) electrons. The first-order chi connectivity index (χ1) is 8.34. The van der Waals surface area contributed by atoms with E-state index in [-0.39, 0.29) is 0 Å². The zero-order valence-corrected chi connectivity index (χ0v) is 10.8. The quantitative estimate of drug-likeness (QED) is 0.879. The Balaban J connectivity index is 1.86. The van der Waals surface area contributed by atoms with E-state index in [0.29, 0.717) is 6.04 Å². The summed E-state index contributed by atoms with van der Waals surface area (Å²) in [6, 6.07) is 2.68. The maximum atomic E-state index is 4.39. The Bertz CT molecular complexity index is 508. The maximum Gasteiger partial charge on any atom is 0.138 e. The second-order valence-corrected chi connectivity index (χ2v) is 5.77. The van der Waals surface area contributed by atoms with Crippen molar-refractivity contribution in [3.63, 3.8) is 0 Å². The van der Waals surface area contributed by atoms with Crippen molar-refractivity contribution >= 4 is 27.4 Å². The Labute approximate surface area is 105 Å². The summed E-state index contributed by atoms with van der Waals surface area (Å²) in [5.41, 5.74) is 0. The fourth-order valence-corrected chi connectivity index (χ4v) is 3.34. The Morgan fingerprint density at radius 1 is 1.29 bits per heavy atom. The van der Waals surface area contributed by atoms with Crippen LogP contribution < -0.4 is 5.32 Å². The predicted molar refractivity (Wildman–Crippen MR) is 72.5 cm³/mol. The van der Waals surface area contributed by atoms with E-state index in [0.717, 1.165) is 22.0 Å². The molecule has 4 heteroatoms. The van der Waals surface area contributed by atoms with Crippen LogP contribution in [0.25, 0.3) is 10.2 Å². The summed E-state index contributed by atoms with van der Waals surface area (Å²) >= 11 is 1.67. The number of nitrogens with zero attached hydrogens (tertiary/aromatic N) is 2. The molecular formula is C13H17N3S. The molecule has 1 N–H and O–H groups in total. The summed E-state index contributed by atoms with van der Waals surface area (Å²) in [4.78, 5) is 9.75. The predicted octanol–water partition coefficient (Wildman–Crippen LogP) is 3.68. The molecule has 1 saturated carbocycles. The third-order valence-electron chi connectivity index (χ3n) is 3.70. The van der Waals surface area contributed by atoms with Gasteiger partial charge in [-0.3, -0.25) is 0 Å². The van der Waals surface area contributed by atoms with Crippen LogP contribution in [-0.4, -0.2) is 16.0 Å². The van der Waals surface area contributed by atoms with Gasteiger partial charge in [-0.15, -0.1) is 11.3 Å². The van der Waals surface area contributed by atoms with Gasteiger partial charge in [-0.2, -0.15) is 0 Å².